The van der Waals surface area contributed by atoms with Gasteiger partial charge < -0.3 is 9.30 Å². The lowest BCUT2D eigenvalue weighted by Gasteiger charge is -2.06. The maximum absolute atomic E-state index is 11.2. The number of aromatic nitrogens is 2. The van der Waals surface area contributed by atoms with E-state index in [4.69, 9.17) is 11.6 Å². The van der Waals surface area contributed by atoms with E-state index < -0.39 is 0 Å². The highest BCUT2D eigenvalue weighted by Crippen LogP contribution is 2.13. The molecule has 0 amide bonds. The Morgan fingerprint density at radius 1 is 1.39 bits per heavy atom. The van der Waals surface area contributed by atoms with Crippen molar-refractivity contribution in [1.29, 1.82) is 0 Å². The molecule has 0 aliphatic carbocycles. The van der Waals surface area contributed by atoms with Gasteiger partial charge in [0.2, 0.25) is 0 Å². The average molecular weight is 265 g/mol. The SMILES string of the molecule is COC(=O)Cn1ccnc1Cc1ccc(Cl)cc1. The Bertz CT molecular complexity index is 534. The van der Waals surface area contributed by atoms with Crippen LogP contribution in [-0.4, -0.2) is 22.6 Å². The van der Waals surface area contributed by atoms with Crippen LogP contribution in [0.2, 0.25) is 5.02 Å². The predicted octanol–water partition coefficient (Wildman–Crippen LogP) is 2.30. The highest BCUT2D eigenvalue weighted by molar-refractivity contribution is 6.30. The van der Waals surface area contributed by atoms with Crippen LogP contribution in [0.5, 0.6) is 0 Å². The molecule has 0 aliphatic heterocycles. The summed E-state index contributed by atoms with van der Waals surface area (Å²) in [5.41, 5.74) is 1.09. The third-order valence-electron chi connectivity index (χ3n) is 2.60. The van der Waals surface area contributed by atoms with Crippen LogP contribution in [0.1, 0.15) is 11.4 Å². The molecule has 0 spiro atoms. The molecule has 0 saturated heterocycles. The first-order valence-electron chi connectivity index (χ1n) is 5.50. The number of ether oxygens (including phenoxy) is 1. The van der Waals surface area contributed by atoms with E-state index in [2.05, 4.69) is 9.72 Å². The fourth-order valence-electron chi connectivity index (χ4n) is 1.64. The molecule has 0 atom stereocenters. The van der Waals surface area contributed by atoms with Gasteiger partial charge in [-0.25, -0.2) is 4.98 Å². The Kier molecular flexibility index (Phi) is 3.99. The summed E-state index contributed by atoms with van der Waals surface area (Å²) in [5.74, 6) is 0.535. The second kappa shape index (κ2) is 5.69. The normalized spacial score (nSPS) is 10.3. The molecule has 0 unspecified atom stereocenters. The van der Waals surface area contributed by atoms with Crippen LogP contribution in [0.25, 0.3) is 0 Å². The standard InChI is InChI=1S/C13H13ClN2O2/c1-18-13(17)9-16-7-6-15-12(16)8-10-2-4-11(14)5-3-10/h2-7H,8-9H2,1H3. The number of nitrogens with zero attached hydrogens (tertiary/aromatic N) is 2. The van der Waals surface area contributed by atoms with E-state index in [1.54, 1.807) is 17.0 Å². The Labute approximate surface area is 110 Å². The molecule has 94 valence electrons. The number of carbonyl (C=O) groups excluding carboxylic acids is 1. The van der Waals surface area contributed by atoms with Crippen LogP contribution in [0.4, 0.5) is 0 Å². The van der Waals surface area contributed by atoms with Crippen molar-refractivity contribution in [3.8, 4) is 0 Å². The first-order valence-corrected chi connectivity index (χ1v) is 5.88. The van der Waals surface area contributed by atoms with Crippen molar-refractivity contribution in [2.24, 2.45) is 0 Å². The lowest BCUT2D eigenvalue weighted by atomic mass is 10.1. The van der Waals surface area contributed by atoms with Gasteiger partial charge in [0.25, 0.3) is 0 Å². The summed E-state index contributed by atoms with van der Waals surface area (Å²) in [5, 5.41) is 0.705. The first-order chi connectivity index (χ1) is 8.69. The molecular formula is C13H13ClN2O2. The summed E-state index contributed by atoms with van der Waals surface area (Å²) in [7, 11) is 1.37. The monoisotopic (exact) mass is 264 g/mol. The van der Waals surface area contributed by atoms with Gasteiger partial charge in [-0.2, -0.15) is 0 Å². The molecule has 1 aromatic carbocycles. The minimum absolute atomic E-state index is 0.180. The van der Waals surface area contributed by atoms with Crippen LogP contribution < -0.4 is 0 Å². The molecule has 0 bridgehead atoms. The number of methoxy groups -OCH3 is 1. The van der Waals surface area contributed by atoms with E-state index in [1.165, 1.54) is 7.11 Å². The molecule has 0 N–H and O–H groups in total. The van der Waals surface area contributed by atoms with Crippen molar-refractivity contribution in [2.45, 2.75) is 13.0 Å². The largest absolute Gasteiger partial charge is 0.468 e. The van der Waals surface area contributed by atoms with Crippen LogP contribution in [0.15, 0.2) is 36.7 Å². The number of hydrogen-bond donors (Lipinski definition) is 0. The Balaban J connectivity index is 2.12. The van der Waals surface area contributed by atoms with Gasteiger partial charge in [-0.3, -0.25) is 4.79 Å². The number of hydrogen-bond acceptors (Lipinski definition) is 3. The number of carbonyl (C=O) groups is 1. The molecule has 0 radical (unpaired) electrons. The lowest BCUT2D eigenvalue weighted by Crippen LogP contribution is -2.13. The van der Waals surface area contributed by atoms with E-state index in [9.17, 15) is 4.79 Å². The van der Waals surface area contributed by atoms with Gasteiger partial charge in [0, 0.05) is 23.8 Å². The smallest absolute Gasteiger partial charge is 0.325 e. The van der Waals surface area contributed by atoms with E-state index in [0.717, 1.165) is 11.4 Å². The molecule has 4 nitrogen and oxygen atoms in total. The fraction of sp³-hybridized carbons (Fsp3) is 0.231. The Morgan fingerprint density at radius 2 is 2.11 bits per heavy atom. The predicted molar refractivity (Wildman–Crippen MR) is 68.5 cm³/mol. The van der Waals surface area contributed by atoms with E-state index in [-0.39, 0.29) is 12.5 Å². The molecule has 0 aliphatic rings. The van der Waals surface area contributed by atoms with Gasteiger partial charge >= 0.3 is 5.97 Å². The Hall–Kier alpha value is -1.81. The van der Waals surface area contributed by atoms with Crippen LogP contribution in [0, 0.1) is 0 Å². The summed E-state index contributed by atoms with van der Waals surface area (Å²) in [6.45, 7) is 0.180. The summed E-state index contributed by atoms with van der Waals surface area (Å²) in [6, 6.07) is 7.56. The van der Waals surface area contributed by atoms with Crippen molar-refractivity contribution in [3.63, 3.8) is 0 Å². The van der Waals surface area contributed by atoms with Crippen molar-refractivity contribution in [2.75, 3.05) is 7.11 Å². The average Bonchev–Trinajstić information content (AvgIpc) is 2.79. The molecule has 1 aromatic heterocycles. The molecule has 18 heavy (non-hydrogen) atoms. The maximum Gasteiger partial charge on any atom is 0.325 e. The molecule has 5 heteroatoms. The zero-order valence-electron chi connectivity index (χ0n) is 9.97. The van der Waals surface area contributed by atoms with Crippen LogP contribution >= 0.6 is 11.6 Å². The first kappa shape index (κ1) is 12.6. The van der Waals surface area contributed by atoms with Crippen molar-refractivity contribution >= 4 is 17.6 Å². The molecule has 0 saturated carbocycles. The third-order valence-corrected chi connectivity index (χ3v) is 2.86. The molecule has 2 aromatic rings. The second-order valence-electron chi connectivity index (χ2n) is 3.85. The highest BCUT2D eigenvalue weighted by Gasteiger charge is 2.08. The molecule has 1 heterocycles. The lowest BCUT2D eigenvalue weighted by molar-refractivity contribution is -0.141. The quantitative estimate of drug-likeness (QED) is 0.796. The summed E-state index contributed by atoms with van der Waals surface area (Å²) < 4.78 is 6.42. The zero-order valence-corrected chi connectivity index (χ0v) is 10.7. The van der Waals surface area contributed by atoms with Crippen LogP contribution in [0.3, 0.4) is 0 Å². The maximum atomic E-state index is 11.2. The topological polar surface area (TPSA) is 44.1 Å². The number of halogens is 1. The van der Waals surface area contributed by atoms with E-state index >= 15 is 0 Å². The van der Waals surface area contributed by atoms with Crippen molar-refractivity contribution < 1.29 is 9.53 Å². The second-order valence-corrected chi connectivity index (χ2v) is 4.29. The summed E-state index contributed by atoms with van der Waals surface area (Å²) in [6.07, 6.45) is 4.09. The van der Waals surface area contributed by atoms with Gasteiger partial charge in [0.05, 0.1) is 7.11 Å². The Morgan fingerprint density at radius 3 is 2.78 bits per heavy atom. The number of esters is 1. The van der Waals surface area contributed by atoms with Gasteiger partial charge in [-0.05, 0) is 17.7 Å². The van der Waals surface area contributed by atoms with Crippen molar-refractivity contribution in [3.05, 3.63) is 53.1 Å². The molecular weight excluding hydrogens is 252 g/mol. The third kappa shape index (κ3) is 3.11. The van der Waals surface area contributed by atoms with E-state index in [1.807, 2.05) is 24.3 Å². The van der Waals surface area contributed by atoms with Gasteiger partial charge in [0.1, 0.15) is 12.4 Å². The summed E-state index contributed by atoms with van der Waals surface area (Å²) >= 11 is 5.83. The van der Waals surface area contributed by atoms with Gasteiger partial charge in [0.15, 0.2) is 0 Å². The number of benzene rings is 1. The van der Waals surface area contributed by atoms with E-state index in [0.29, 0.717) is 11.4 Å². The zero-order chi connectivity index (χ0) is 13.0. The number of imidazole rings is 1. The number of rotatable bonds is 4. The molecule has 0 fully saturated rings. The minimum atomic E-state index is -0.287. The highest BCUT2D eigenvalue weighted by atomic mass is 35.5. The van der Waals surface area contributed by atoms with Crippen molar-refractivity contribution in [1.82, 2.24) is 9.55 Å². The molecule has 2 rings (SSSR count). The fourth-order valence-corrected chi connectivity index (χ4v) is 1.77. The van der Waals surface area contributed by atoms with Gasteiger partial charge in [-0.15, -0.1) is 0 Å². The summed E-state index contributed by atoms with van der Waals surface area (Å²) in [4.78, 5) is 15.5. The van der Waals surface area contributed by atoms with Gasteiger partial charge in [-0.1, -0.05) is 23.7 Å². The minimum Gasteiger partial charge on any atom is -0.468 e. The van der Waals surface area contributed by atoms with Crippen LogP contribution in [-0.2, 0) is 22.5 Å².